The van der Waals surface area contributed by atoms with Gasteiger partial charge in [0.25, 0.3) is 0 Å². The summed E-state index contributed by atoms with van der Waals surface area (Å²) in [5, 5.41) is 17.4. The third kappa shape index (κ3) is 1.27. The van der Waals surface area contributed by atoms with Gasteiger partial charge in [-0.15, -0.1) is 0 Å². The lowest BCUT2D eigenvalue weighted by atomic mass is 10.1. The smallest absolute Gasteiger partial charge is 0.332 e. The van der Waals surface area contributed by atoms with Crippen molar-refractivity contribution >= 4 is 5.97 Å². The minimum atomic E-state index is -0.997. The first-order valence-corrected chi connectivity index (χ1v) is 3.17. The van der Waals surface area contributed by atoms with Crippen LogP contribution in [0.2, 0.25) is 0 Å². The van der Waals surface area contributed by atoms with Crippen molar-refractivity contribution in [1.29, 1.82) is 0 Å². The summed E-state index contributed by atoms with van der Waals surface area (Å²) in [6.07, 6.45) is -1.58. The number of hydrogen-bond acceptors (Lipinski definition) is 3. The van der Waals surface area contributed by atoms with Crippen molar-refractivity contribution in [3.8, 4) is 0 Å². The predicted octanol–water partition coefficient (Wildman–Crippen LogP) is -0.391. The van der Waals surface area contributed by atoms with E-state index in [2.05, 4.69) is 0 Å². The van der Waals surface area contributed by atoms with E-state index in [0.29, 0.717) is 0 Å². The second-order valence-corrected chi connectivity index (χ2v) is 2.47. The van der Waals surface area contributed by atoms with Gasteiger partial charge in [0.1, 0.15) is 0 Å². The molecule has 0 saturated carbocycles. The van der Waals surface area contributed by atoms with E-state index in [0.717, 1.165) is 0 Å². The summed E-state index contributed by atoms with van der Waals surface area (Å²) in [6.45, 7) is 1.66. The van der Waals surface area contributed by atoms with Crippen LogP contribution in [0.15, 0.2) is 0 Å². The molecule has 3 atom stereocenters. The molecule has 0 aliphatic carbocycles. The van der Waals surface area contributed by atoms with Gasteiger partial charge in [-0.1, -0.05) is 0 Å². The Morgan fingerprint density at radius 3 is 2.50 bits per heavy atom. The number of ether oxygens (including phenoxy) is 1. The zero-order valence-corrected chi connectivity index (χ0v) is 5.65. The maximum Gasteiger partial charge on any atom is 0.332 e. The fraction of sp³-hybridized carbons (Fsp3) is 0.833. The van der Waals surface area contributed by atoms with Crippen molar-refractivity contribution in [2.24, 2.45) is 0 Å². The van der Waals surface area contributed by atoms with Gasteiger partial charge in [-0.05, 0) is 6.92 Å². The summed E-state index contributed by atoms with van der Waals surface area (Å²) in [5.74, 6) is -0.997. The summed E-state index contributed by atoms with van der Waals surface area (Å²) >= 11 is 0. The molecule has 10 heavy (non-hydrogen) atoms. The molecule has 0 amide bonds. The molecule has 1 heterocycles. The van der Waals surface area contributed by atoms with Crippen LogP contribution in [-0.4, -0.2) is 34.5 Å². The van der Waals surface area contributed by atoms with E-state index in [4.69, 9.17) is 14.9 Å². The van der Waals surface area contributed by atoms with Crippen LogP contribution < -0.4 is 0 Å². The average molecular weight is 146 g/mol. The summed E-state index contributed by atoms with van der Waals surface area (Å²) in [4.78, 5) is 10.3. The van der Waals surface area contributed by atoms with E-state index < -0.39 is 18.2 Å². The number of aliphatic carboxylic acids is 1. The lowest BCUT2D eigenvalue weighted by Gasteiger charge is -2.04. The van der Waals surface area contributed by atoms with Crippen molar-refractivity contribution < 1.29 is 19.7 Å². The summed E-state index contributed by atoms with van der Waals surface area (Å²) < 4.78 is 4.89. The quantitative estimate of drug-likeness (QED) is 0.528. The van der Waals surface area contributed by atoms with E-state index in [9.17, 15) is 4.79 Å². The van der Waals surface area contributed by atoms with Crippen molar-refractivity contribution in [2.75, 3.05) is 0 Å². The topological polar surface area (TPSA) is 66.8 Å². The minimum absolute atomic E-state index is 0.205. The van der Waals surface area contributed by atoms with Crippen LogP contribution in [0.1, 0.15) is 13.3 Å². The SMILES string of the molecule is C[C@H]1O[C@@H](C(=O)O)C[C@@H]1O. The first-order valence-electron chi connectivity index (χ1n) is 3.17. The second kappa shape index (κ2) is 2.56. The molecule has 4 heteroatoms. The molecule has 0 bridgehead atoms. The maximum atomic E-state index is 10.3. The van der Waals surface area contributed by atoms with Crippen LogP contribution in [0.3, 0.4) is 0 Å². The van der Waals surface area contributed by atoms with Gasteiger partial charge in [0.2, 0.25) is 0 Å². The molecule has 58 valence electrons. The molecule has 0 radical (unpaired) electrons. The lowest BCUT2D eigenvalue weighted by Crippen LogP contribution is -2.19. The van der Waals surface area contributed by atoms with Gasteiger partial charge < -0.3 is 14.9 Å². The van der Waals surface area contributed by atoms with Crippen molar-refractivity contribution in [3.05, 3.63) is 0 Å². The number of carboxylic acids is 1. The predicted molar refractivity (Wildman–Crippen MR) is 32.6 cm³/mol. The first-order chi connectivity index (χ1) is 4.61. The minimum Gasteiger partial charge on any atom is -0.479 e. The Morgan fingerprint density at radius 1 is 1.70 bits per heavy atom. The molecule has 0 unspecified atom stereocenters. The average Bonchev–Trinajstić information content (AvgIpc) is 2.13. The zero-order chi connectivity index (χ0) is 7.72. The highest BCUT2D eigenvalue weighted by Crippen LogP contribution is 2.19. The molecule has 0 aromatic heterocycles. The molecule has 1 rings (SSSR count). The number of aliphatic hydroxyl groups excluding tert-OH is 1. The number of aliphatic hydroxyl groups is 1. The van der Waals surface area contributed by atoms with Crippen LogP contribution in [0.5, 0.6) is 0 Å². The van der Waals surface area contributed by atoms with E-state index in [1.807, 2.05) is 0 Å². The van der Waals surface area contributed by atoms with Gasteiger partial charge in [0, 0.05) is 6.42 Å². The molecule has 1 fully saturated rings. The molecule has 4 nitrogen and oxygen atoms in total. The second-order valence-electron chi connectivity index (χ2n) is 2.47. The third-order valence-electron chi connectivity index (χ3n) is 1.65. The molecule has 0 aromatic carbocycles. The first kappa shape index (κ1) is 7.50. The number of hydrogen-bond donors (Lipinski definition) is 2. The zero-order valence-electron chi connectivity index (χ0n) is 5.65. The van der Waals surface area contributed by atoms with Gasteiger partial charge in [-0.25, -0.2) is 4.79 Å². The number of carboxylic acid groups (broad SMARTS) is 1. The Morgan fingerprint density at radius 2 is 2.30 bits per heavy atom. The third-order valence-corrected chi connectivity index (χ3v) is 1.65. The summed E-state index contributed by atoms with van der Waals surface area (Å²) in [7, 11) is 0. The van der Waals surface area contributed by atoms with E-state index in [-0.39, 0.29) is 12.5 Å². The standard InChI is InChI=1S/C6H10O4/c1-3-4(7)2-5(10-3)6(8)9/h3-5,7H,2H2,1H3,(H,8,9)/t3-,4+,5-/m1/s1. The van der Waals surface area contributed by atoms with Crippen LogP contribution in [-0.2, 0) is 9.53 Å². The molecule has 0 spiro atoms. The monoisotopic (exact) mass is 146 g/mol. The highest BCUT2D eigenvalue weighted by molar-refractivity contribution is 5.72. The van der Waals surface area contributed by atoms with E-state index in [1.54, 1.807) is 6.92 Å². The Bertz CT molecular complexity index is 135. The molecule has 1 saturated heterocycles. The lowest BCUT2D eigenvalue weighted by molar-refractivity contribution is -0.149. The maximum absolute atomic E-state index is 10.3. The van der Waals surface area contributed by atoms with Crippen LogP contribution in [0, 0.1) is 0 Å². The number of carbonyl (C=O) groups is 1. The van der Waals surface area contributed by atoms with Crippen LogP contribution >= 0.6 is 0 Å². The van der Waals surface area contributed by atoms with E-state index >= 15 is 0 Å². The van der Waals surface area contributed by atoms with Gasteiger partial charge >= 0.3 is 5.97 Å². The Kier molecular flexibility index (Phi) is 1.92. The largest absolute Gasteiger partial charge is 0.479 e. The molecular weight excluding hydrogens is 136 g/mol. The highest BCUT2D eigenvalue weighted by atomic mass is 16.5. The fourth-order valence-corrected chi connectivity index (χ4v) is 0.975. The van der Waals surface area contributed by atoms with Gasteiger partial charge in [0.05, 0.1) is 12.2 Å². The van der Waals surface area contributed by atoms with Crippen molar-refractivity contribution in [2.45, 2.75) is 31.7 Å². The summed E-state index contributed by atoms with van der Waals surface area (Å²) in [6, 6.07) is 0. The normalized spacial score (nSPS) is 40.0. The highest BCUT2D eigenvalue weighted by Gasteiger charge is 2.34. The molecule has 1 aliphatic heterocycles. The van der Waals surface area contributed by atoms with Crippen molar-refractivity contribution in [1.82, 2.24) is 0 Å². The van der Waals surface area contributed by atoms with Crippen LogP contribution in [0.4, 0.5) is 0 Å². The van der Waals surface area contributed by atoms with Gasteiger partial charge in [0.15, 0.2) is 6.10 Å². The van der Waals surface area contributed by atoms with Gasteiger partial charge in [-0.2, -0.15) is 0 Å². The number of rotatable bonds is 1. The molecule has 1 aliphatic rings. The Labute approximate surface area is 58.4 Å². The van der Waals surface area contributed by atoms with Gasteiger partial charge in [-0.3, -0.25) is 0 Å². The molecule has 2 N–H and O–H groups in total. The fourth-order valence-electron chi connectivity index (χ4n) is 0.975. The molecular formula is C6H10O4. The summed E-state index contributed by atoms with van der Waals surface area (Å²) in [5.41, 5.74) is 0. The van der Waals surface area contributed by atoms with Crippen LogP contribution in [0.25, 0.3) is 0 Å². The van der Waals surface area contributed by atoms with Crippen molar-refractivity contribution in [3.63, 3.8) is 0 Å². The van der Waals surface area contributed by atoms with E-state index in [1.165, 1.54) is 0 Å². The molecule has 0 aromatic rings. The Balaban J connectivity index is 2.49. The Hall–Kier alpha value is -0.610.